The third-order valence-electron chi connectivity index (χ3n) is 3.96. The summed E-state index contributed by atoms with van der Waals surface area (Å²) in [6.45, 7) is 3.82. The van der Waals surface area contributed by atoms with Crippen LogP contribution in [0.1, 0.15) is 30.1 Å². The SMILES string of the molecule is CCOc1cccc(C(=O)Nc2cccc(OC[C@H]3CCCO3)c2)c1. The van der Waals surface area contributed by atoms with Crippen molar-refractivity contribution in [3.63, 3.8) is 0 Å². The van der Waals surface area contributed by atoms with E-state index in [1.165, 1.54) is 0 Å². The fourth-order valence-corrected chi connectivity index (χ4v) is 2.73. The van der Waals surface area contributed by atoms with Crippen molar-refractivity contribution in [2.45, 2.75) is 25.9 Å². The molecule has 5 heteroatoms. The largest absolute Gasteiger partial charge is 0.494 e. The summed E-state index contributed by atoms with van der Waals surface area (Å²) in [7, 11) is 0. The zero-order valence-electron chi connectivity index (χ0n) is 14.4. The molecule has 0 unspecified atom stereocenters. The van der Waals surface area contributed by atoms with E-state index in [4.69, 9.17) is 14.2 Å². The number of benzene rings is 2. The molecule has 2 aromatic carbocycles. The molecule has 132 valence electrons. The van der Waals surface area contributed by atoms with Gasteiger partial charge in [-0.05, 0) is 50.1 Å². The highest BCUT2D eigenvalue weighted by Gasteiger charge is 2.16. The van der Waals surface area contributed by atoms with E-state index < -0.39 is 0 Å². The Morgan fingerprint density at radius 3 is 2.72 bits per heavy atom. The number of nitrogens with one attached hydrogen (secondary N) is 1. The van der Waals surface area contributed by atoms with Crippen molar-refractivity contribution in [3.05, 3.63) is 54.1 Å². The highest BCUT2D eigenvalue weighted by molar-refractivity contribution is 6.04. The number of carbonyl (C=O) groups excluding carboxylic acids is 1. The van der Waals surface area contributed by atoms with Gasteiger partial charge in [-0.3, -0.25) is 4.79 Å². The molecule has 25 heavy (non-hydrogen) atoms. The Balaban J connectivity index is 1.60. The summed E-state index contributed by atoms with van der Waals surface area (Å²) < 4.78 is 16.8. The molecule has 0 saturated carbocycles. The first-order chi connectivity index (χ1) is 12.2. The Hall–Kier alpha value is -2.53. The lowest BCUT2D eigenvalue weighted by molar-refractivity contribution is 0.0680. The molecule has 5 nitrogen and oxygen atoms in total. The molecule has 1 atom stereocenters. The molecule has 3 rings (SSSR count). The van der Waals surface area contributed by atoms with Gasteiger partial charge in [0.05, 0.1) is 12.7 Å². The predicted octanol–water partition coefficient (Wildman–Crippen LogP) is 3.90. The zero-order chi connectivity index (χ0) is 17.5. The van der Waals surface area contributed by atoms with E-state index in [2.05, 4.69) is 5.32 Å². The number of anilines is 1. The summed E-state index contributed by atoms with van der Waals surface area (Å²) >= 11 is 0. The van der Waals surface area contributed by atoms with Gasteiger partial charge in [-0.2, -0.15) is 0 Å². The first-order valence-electron chi connectivity index (χ1n) is 8.63. The number of rotatable bonds is 7. The molecule has 1 aliphatic rings. The van der Waals surface area contributed by atoms with Crippen molar-refractivity contribution in [2.75, 3.05) is 25.1 Å². The van der Waals surface area contributed by atoms with Crippen LogP contribution in [0.3, 0.4) is 0 Å². The lowest BCUT2D eigenvalue weighted by atomic mass is 10.2. The van der Waals surface area contributed by atoms with Crippen LogP contribution in [-0.2, 0) is 4.74 Å². The average molecular weight is 341 g/mol. The van der Waals surface area contributed by atoms with Crippen LogP contribution in [0, 0.1) is 0 Å². The summed E-state index contributed by atoms with van der Waals surface area (Å²) in [5.74, 6) is 1.22. The Bertz CT molecular complexity index is 710. The van der Waals surface area contributed by atoms with Gasteiger partial charge in [0.15, 0.2) is 0 Å². The number of ether oxygens (including phenoxy) is 3. The predicted molar refractivity (Wildman–Crippen MR) is 96.5 cm³/mol. The molecule has 1 aliphatic heterocycles. The third-order valence-corrected chi connectivity index (χ3v) is 3.96. The standard InChI is InChI=1S/C20H23NO4/c1-2-23-17-8-3-6-15(12-17)20(22)21-16-7-4-9-18(13-16)25-14-19-10-5-11-24-19/h3-4,6-9,12-13,19H,2,5,10-11,14H2,1H3,(H,21,22)/t19-/m1/s1. The van der Waals surface area contributed by atoms with Gasteiger partial charge in [0.1, 0.15) is 18.1 Å². The molecule has 1 heterocycles. The van der Waals surface area contributed by atoms with Crippen LogP contribution in [0.4, 0.5) is 5.69 Å². The lowest BCUT2D eigenvalue weighted by Gasteiger charge is -2.13. The van der Waals surface area contributed by atoms with Gasteiger partial charge in [0.2, 0.25) is 0 Å². The molecular formula is C20H23NO4. The zero-order valence-corrected chi connectivity index (χ0v) is 14.4. The molecule has 0 aromatic heterocycles. The summed E-state index contributed by atoms with van der Waals surface area (Å²) in [5, 5.41) is 2.89. The van der Waals surface area contributed by atoms with Crippen LogP contribution in [0.25, 0.3) is 0 Å². The van der Waals surface area contributed by atoms with E-state index >= 15 is 0 Å². The second-order valence-corrected chi connectivity index (χ2v) is 5.89. The molecule has 0 radical (unpaired) electrons. The van der Waals surface area contributed by atoms with Crippen LogP contribution in [0.5, 0.6) is 11.5 Å². The van der Waals surface area contributed by atoms with Crippen LogP contribution >= 0.6 is 0 Å². The van der Waals surface area contributed by atoms with Crippen LogP contribution < -0.4 is 14.8 Å². The normalized spacial score (nSPS) is 16.4. The number of amides is 1. The van der Waals surface area contributed by atoms with Crippen molar-refractivity contribution in [2.24, 2.45) is 0 Å². The van der Waals surface area contributed by atoms with E-state index in [1.807, 2.05) is 37.3 Å². The quantitative estimate of drug-likeness (QED) is 0.830. The number of carbonyl (C=O) groups is 1. The van der Waals surface area contributed by atoms with E-state index in [1.54, 1.807) is 18.2 Å². The van der Waals surface area contributed by atoms with Crippen molar-refractivity contribution >= 4 is 11.6 Å². The molecule has 0 aliphatic carbocycles. The third kappa shape index (κ3) is 4.97. The van der Waals surface area contributed by atoms with Crippen molar-refractivity contribution in [3.8, 4) is 11.5 Å². The maximum atomic E-state index is 12.4. The lowest BCUT2D eigenvalue weighted by Crippen LogP contribution is -2.16. The summed E-state index contributed by atoms with van der Waals surface area (Å²) in [4.78, 5) is 12.4. The first kappa shape index (κ1) is 17.3. The van der Waals surface area contributed by atoms with Gasteiger partial charge in [0.25, 0.3) is 5.91 Å². The molecule has 0 bridgehead atoms. The molecular weight excluding hydrogens is 318 g/mol. The topological polar surface area (TPSA) is 56.8 Å². The monoisotopic (exact) mass is 341 g/mol. The average Bonchev–Trinajstić information content (AvgIpc) is 3.14. The van der Waals surface area contributed by atoms with Gasteiger partial charge >= 0.3 is 0 Å². The molecule has 1 fully saturated rings. The fraction of sp³-hybridized carbons (Fsp3) is 0.350. The van der Waals surface area contributed by atoms with Gasteiger partial charge in [-0.25, -0.2) is 0 Å². The van der Waals surface area contributed by atoms with E-state index in [0.717, 1.165) is 25.2 Å². The van der Waals surface area contributed by atoms with Gasteiger partial charge in [0, 0.05) is 23.9 Å². The van der Waals surface area contributed by atoms with E-state index in [9.17, 15) is 4.79 Å². The fourth-order valence-electron chi connectivity index (χ4n) is 2.73. The van der Waals surface area contributed by atoms with Crippen molar-refractivity contribution in [1.82, 2.24) is 0 Å². The van der Waals surface area contributed by atoms with Gasteiger partial charge in [-0.1, -0.05) is 12.1 Å². The van der Waals surface area contributed by atoms with Crippen LogP contribution in [-0.4, -0.2) is 31.8 Å². The Morgan fingerprint density at radius 2 is 1.96 bits per heavy atom. The minimum absolute atomic E-state index is 0.166. The Kier molecular flexibility index (Phi) is 5.90. The van der Waals surface area contributed by atoms with E-state index in [0.29, 0.717) is 30.2 Å². The minimum atomic E-state index is -0.183. The second kappa shape index (κ2) is 8.53. The highest BCUT2D eigenvalue weighted by atomic mass is 16.5. The molecule has 1 N–H and O–H groups in total. The summed E-state index contributed by atoms with van der Waals surface area (Å²) in [6.07, 6.45) is 2.29. The van der Waals surface area contributed by atoms with E-state index in [-0.39, 0.29) is 12.0 Å². The van der Waals surface area contributed by atoms with Crippen molar-refractivity contribution < 1.29 is 19.0 Å². The Morgan fingerprint density at radius 1 is 1.16 bits per heavy atom. The molecule has 1 saturated heterocycles. The molecule has 2 aromatic rings. The summed E-state index contributed by atoms with van der Waals surface area (Å²) in [5.41, 5.74) is 1.24. The van der Waals surface area contributed by atoms with Crippen molar-refractivity contribution in [1.29, 1.82) is 0 Å². The molecule has 0 spiro atoms. The van der Waals surface area contributed by atoms with Crippen LogP contribution in [0.15, 0.2) is 48.5 Å². The molecule has 1 amide bonds. The first-order valence-corrected chi connectivity index (χ1v) is 8.63. The smallest absolute Gasteiger partial charge is 0.255 e. The minimum Gasteiger partial charge on any atom is -0.494 e. The number of hydrogen-bond donors (Lipinski definition) is 1. The summed E-state index contributed by atoms with van der Waals surface area (Å²) in [6, 6.07) is 14.5. The number of hydrogen-bond acceptors (Lipinski definition) is 4. The van der Waals surface area contributed by atoms with Gasteiger partial charge in [-0.15, -0.1) is 0 Å². The second-order valence-electron chi connectivity index (χ2n) is 5.89. The maximum Gasteiger partial charge on any atom is 0.255 e. The van der Waals surface area contributed by atoms with Gasteiger partial charge < -0.3 is 19.5 Å². The maximum absolute atomic E-state index is 12.4. The van der Waals surface area contributed by atoms with Crippen LogP contribution in [0.2, 0.25) is 0 Å². The Labute approximate surface area is 147 Å². The highest BCUT2D eigenvalue weighted by Crippen LogP contribution is 2.21.